The molecule has 1 aliphatic rings. The summed E-state index contributed by atoms with van der Waals surface area (Å²) in [6.45, 7) is 6.26. The van der Waals surface area contributed by atoms with Gasteiger partial charge in [0.25, 0.3) is 0 Å². The van der Waals surface area contributed by atoms with Gasteiger partial charge in [-0.05, 0) is 48.7 Å². The molecule has 0 spiro atoms. The fraction of sp³-hybridized carbons (Fsp3) is 0.444. The van der Waals surface area contributed by atoms with Crippen molar-refractivity contribution in [3.63, 3.8) is 0 Å². The molecule has 1 unspecified atom stereocenters. The number of nitrogens with zero attached hydrogens (tertiary/aromatic N) is 3. The maximum Gasteiger partial charge on any atom is 0.161 e. The van der Waals surface area contributed by atoms with Gasteiger partial charge < -0.3 is 28.6 Å². The van der Waals surface area contributed by atoms with Gasteiger partial charge in [-0.1, -0.05) is 18.2 Å². The number of hydrogen-bond donors (Lipinski definition) is 1. The predicted molar refractivity (Wildman–Crippen MR) is 133 cm³/mol. The molecule has 188 valence electrons. The summed E-state index contributed by atoms with van der Waals surface area (Å²) >= 11 is 0. The first-order chi connectivity index (χ1) is 17.0. The van der Waals surface area contributed by atoms with E-state index >= 15 is 0 Å². The quantitative estimate of drug-likeness (QED) is 0.421. The van der Waals surface area contributed by atoms with Gasteiger partial charge >= 0.3 is 0 Å². The molecule has 1 atom stereocenters. The van der Waals surface area contributed by atoms with Crippen LogP contribution in [0.4, 0.5) is 0 Å². The molecule has 1 aliphatic heterocycles. The van der Waals surface area contributed by atoms with Crippen molar-refractivity contribution in [1.82, 2.24) is 14.5 Å². The first-order valence-electron chi connectivity index (χ1n) is 12.0. The number of benzene rings is 2. The van der Waals surface area contributed by atoms with Crippen molar-refractivity contribution in [3.8, 4) is 17.2 Å². The molecule has 0 bridgehead atoms. The zero-order valence-electron chi connectivity index (χ0n) is 20.6. The molecule has 1 aromatic heterocycles. The number of β-amino-alcohol motifs (C(OH)–C–C–N with tert-alkyl or cyclic N) is 1. The number of hydrogen-bond acceptors (Lipinski definition) is 7. The maximum absolute atomic E-state index is 11.2. The minimum absolute atomic E-state index is 0.169. The number of aryl methyl sites for hydroxylation is 2. The van der Waals surface area contributed by atoms with Crippen molar-refractivity contribution in [2.75, 3.05) is 46.6 Å². The van der Waals surface area contributed by atoms with Crippen molar-refractivity contribution in [1.29, 1.82) is 0 Å². The molecule has 8 nitrogen and oxygen atoms in total. The Morgan fingerprint density at radius 3 is 2.86 bits per heavy atom. The highest BCUT2D eigenvalue weighted by Gasteiger charge is 2.33. The van der Waals surface area contributed by atoms with Crippen LogP contribution in [0.15, 0.2) is 61.2 Å². The van der Waals surface area contributed by atoms with Gasteiger partial charge in [0, 0.05) is 38.6 Å². The standard InChI is InChI=1S/C27H35N3O5/c1-22-5-3-6-24(15-22)35-20-27(31)18-30(12-14-33-19-27)17-23-7-8-25(26(16-23)32-2)34-13-4-10-29-11-9-28-21-29/h3,5-9,11,15-16,21,31H,4,10,12-14,17-20H2,1-2H3. The van der Waals surface area contributed by atoms with E-state index in [2.05, 4.69) is 9.88 Å². The average molecular weight is 482 g/mol. The Labute approximate surface area is 207 Å². The molecule has 3 aromatic rings. The van der Waals surface area contributed by atoms with Crippen LogP contribution >= 0.6 is 0 Å². The maximum atomic E-state index is 11.2. The second-order valence-corrected chi connectivity index (χ2v) is 9.08. The number of aromatic nitrogens is 2. The minimum atomic E-state index is -1.09. The van der Waals surface area contributed by atoms with Crippen LogP contribution in [0.2, 0.25) is 0 Å². The third kappa shape index (κ3) is 7.45. The molecular formula is C27H35N3O5. The summed E-state index contributed by atoms with van der Waals surface area (Å²) in [5.41, 5.74) is 1.10. The van der Waals surface area contributed by atoms with Crippen molar-refractivity contribution < 1.29 is 24.1 Å². The summed E-state index contributed by atoms with van der Waals surface area (Å²) in [5.74, 6) is 2.18. The number of methoxy groups -OCH3 is 1. The first kappa shape index (κ1) is 25.0. The summed E-state index contributed by atoms with van der Waals surface area (Å²) in [7, 11) is 1.65. The second-order valence-electron chi connectivity index (χ2n) is 9.08. The smallest absolute Gasteiger partial charge is 0.161 e. The lowest BCUT2D eigenvalue weighted by Crippen LogP contribution is -2.48. The normalized spacial score (nSPS) is 18.7. The molecule has 1 saturated heterocycles. The topological polar surface area (TPSA) is 78.2 Å². The molecule has 8 heteroatoms. The van der Waals surface area contributed by atoms with Gasteiger partial charge in [-0.3, -0.25) is 4.90 Å². The molecule has 35 heavy (non-hydrogen) atoms. The predicted octanol–water partition coefficient (Wildman–Crippen LogP) is 3.31. The Hall–Kier alpha value is -3.07. The van der Waals surface area contributed by atoms with Gasteiger partial charge in [0.2, 0.25) is 0 Å². The molecule has 2 aromatic carbocycles. The Kier molecular flexibility index (Phi) is 8.63. The number of rotatable bonds is 11. The third-order valence-electron chi connectivity index (χ3n) is 5.95. The summed E-state index contributed by atoms with van der Waals surface area (Å²) in [5, 5.41) is 11.2. The summed E-state index contributed by atoms with van der Waals surface area (Å²) in [6, 6.07) is 13.8. The lowest BCUT2D eigenvalue weighted by atomic mass is 10.1. The lowest BCUT2D eigenvalue weighted by molar-refractivity contribution is -0.0646. The van der Waals surface area contributed by atoms with E-state index in [0.717, 1.165) is 42.1 Å². The molecule has 0 amide bonds. The van der Waals surface area contributed by atoms with E-state index < -0.39 is 5.60 Å². The van der Waals surface area contributed by atoms with Crippen LogP contribution in [0, 0.1) is 6.92 Å². The van der Waals surface area contributed by atoms with Crippen molar-refractivity contribution in [2.24, 2.45) is 0 Å². The highest BCUT2D eigenvalue weighted by Crippen LogP contribution is 2.29. The van der Waals surface area contributed by atoms with Gasteiger partial charge in [0.1, 0.15) is 18.0 Å². The van der Waals surface area contributed by atoms with E-state index in [-0.39, 0.29) is 13.2 Å². The van der Waals surface area contributed by atoms with Crippen molar-refractivity contribution in [2.45, 2.75) is 32.0 Å². The van der Waals surface area contributed by atoms with Gasteiger partial charge in [-0.25, -0.2) is 4.98 Å². The molecule has 1 N–H and O–H groups in total. The molecule has 0 aliphatic carbocycles. The Bertz CT molecular complexity index is 1060. The van der Waals surface area contributed by atoms with Crippen LogP contribution in [-0.2, 0) is 17.8 Å². The molecule has 0 radical (unpaired) electrons. The molecule has 1 fully saturated rings. The number of imidazole rings is 1. The monoisotopic (exact) mass is 481 g/mol. The molecule has 2 heterocycles. The number of aliphatic hydroxyl groups is 1. The van der Waals surface area contributed by atoms with E-state index in [1.807, 2.05) is 60.2 Å². The fourth-order valence-corrected chi connectivity index (χ4v) is 4.18. The third-order valence-corrected chi connectivity index (χ3v) is 5.95. The Morgan fingerprint density at radius 2 is 2.06 bits per heavy atom. The van der Waals surface area contributed by atoms with E-state index in [1.165, 1.54) is 0 Å². The zero-order valence-corrected chi connectivity index (χ0v) is 20.6. The van der Waals surface area contributed by atoms with Crippen LogP contribution in [0.3, 0.4) is 0 Å². The molecule has 4 rings (SSSR count). The van der Waals surface area contributed by atoms with Crippen LogP contribution in [-0.4, -0.2) is 71.8 Å². The van der Waals surface area contributed by atoms with Gasteiger partial charge in [0.15, 0.2) is 11.5 Å². The van der Waals surface area contributed by atoms with E-state index in [0.29, 0.717) is 32.1 Å². The largest absolute Gasteiger partial charge is 0.493 e. The zero-order chi connectivity index (χ0) is 24.5. The first-order valence-corrected chi connectivity index (χ1v) is 12.0. The second kappa shape index (κ2) is 12.1. The van der Waals surface area contributed by atoms with E-state index in [9.17, 15) is 5.11 Å². The summed E-state index contributed by atoms with van der Waals surface area (Å²) < 4.78 is 25.2. The molecule has 0 saturated carbocycles. The van der Waals surface area contributed by atoms with Crippen LogP contribution in [0.25, 0.3) is 0 Å². The lowest BCUT2D eigenvalue weighted by Gasteiger charge is -2.30. The Morgan fingerprint density at radius 1 is 1.14 bits per heavy atom. The van der Waals surface area contributed by atoms with Gasteiger partial charge in [-0.2, -0.15) is 0 Å². The Balaban J connectivity index is 1.32. The minimum Gasteiger partial charge on any atom is -0.493 e. The van der Waals surface area contributed by atoms with Crippen LogP contribution in [0.1, 0.15) is 17.5 Å². The highest BCUT2D eigenvalue weighted by molar-refractivity contribution is 5.43. The molecular weight excluding hydrogens is 446 g/mol. The van der Waals surface area contributed by atoms with Crippen molar-refractivity contribution in [3.05, 3.63) is 72.3 Å². The van der Waals surface area contributed by atoms with Crippen LogP contribution < -0.4 is 14.2 Å². The van der Waals surface area contributed by atoms with Crippen molar-refractivity contribution >= 4 is 0 Å². The SMILES string of the molecule is COc1cc(CN2CCOCC(O)(COc3cccc(C)c3)C2)ccc1OCCCn1ccnc1. The van der Waals surface area contributed by atoms with Gasteiger partial charge in [0.05, 0.1) is 33.3 Å². The van der Waals surface area contributed by atoms with E-state index in [1.54, 1.807) is 19.6 Å². The summed E-state index contributed by atoms with van der Waals surface area (Å²) in [6.07, 6.45) is 6.40. The summed E-state index contributed by atoms with van der Waals surface area (Å²) in [4.78, 5) is 6.24. The highest BCUT2D eigenvalue weighted by atomic mass is 16.5. The van der Waals surface area contributed by atoms with Gasteiger partial charge in [-0.15, -0.1) is 0 Å². The van der Waals surface area contributed by atoms with Crippen LogP contribution in [0.5, 0.6) is 17.2 Å². The average Bonchev–Trinajstić information content (AvgIpc) is 3.30. The fourth-order valence-electron chi connectivity index (χ4n) is 4.18. The number of ether oxygens (including phenoxy) is 4. The van der Waals surface area contributed by atoms with E-state index in [4.69, 9.17) is 18.9 Å².